The minimum absolute atomic E-state index is 0.182. The van der Waals surface area contributed by atoms with E-state index in [1.807, 2.05) is 38.1 Å². The van der Waals surface area contributed by atoms with E-state index in [-0.39, 0.29) is 18.5 Å². The maximum atomic E-state index is 12.4. The molecular formula is C17H18N2O2. The molecule has 1 heterocycles. The third kappa shape index (κ3) is 3.74. The number of aryl methyl sites for hydroxylation is 1. The number of furan rings is 1. The third-order valence-electron chi connectivity index (χ3n) is 3.03. The Bertz CT molecular complexity index is 692. The zero-order chi connectivity index (χ0) is 15.2. The first-order valence-electron chi connectivity index (χ1n) is 6.77. The predicted octanol–water partition coefficient (Wildman–Crippen LogP) is 2.39. The van der Waals surface area contributed by atoms with Gasteiger partial charge in [-0.2, -0.15) is 0 Å². The van der Waals surface area contributed by atoms with Crippen LogP contribution in [-0.2, 0) is 0 Å². The first kappa shape index (κ1) is 14.9. The van der Waals surface area contributed by atoms with Crippen molar-refractivity contribution in [2.75, 3.05) is 6.54 Å². The minimum Gasteiger partial charge on any atom is -0.464 e. The van der Waals surface area contributed by atoms with Gasteiger partial charge in [-0.25, -0.2) is 0 Å². The molecule has 1 aromatic carbocycles. The molecule has 0 fully saturated rings. The smallest absolute Gasteiger partial charge is 0.253 e. The number of carbonyl (C=O) groups is 1. The Hall–Kier alpha value is -2.51. The van der Waals surface area contributed by atoms with E-state index in [1.165, 1.54) is 0 Å². The Balaban J connectivity index is 2.17. The predicted molar refractivity (Wildman–Crippen MR) is 81.7 cm³/mol. The van der Waals surface area contributed by atoms with Gasteiger partial charge in [-0.3, -0.25) is 4.79 Å². The van der Waals surface area contributed by atoms with Crippen molar-refractivity contribution < 1.29 is 9.21 Å². The fourth-order valence-electron chi connectivity index (χ4n) is 1.97. The standard InChI is InChI=1S/C17H18N2O2/c1-12-9-10-16(21-12)13(2)19-17(20)15-8-4-3-6-14(15)7-5-11-18/h3-4,6,8-10,13H,11,18H2,1-2H3,(H,19,20). The van der Waals surface area contributed by atoms with E-state index in [4.69, 9.17) is 10.2 Å². The number of nitrogens with one attached hydrogen (secondary N) is 1. The second-order valence-corrected chi connectivity index (χ2v) is 4.70. The average molecular weight is 282 g/mol. The molecule has 0 bridgehead atoms. The molecule has 3 N–H and O–H groups in total. The van der Waals surface area contributed by atoms with Crippen molar-refractivity contribution >= 4 is 5.91 Å². The highest BCUT2D eigenvalue weighted by atomic mass is 16.3. The topological polar surface area (TPSA) is 68.3 Å². The summed E-state index contributed by atoms with van der Waals surface area (Å²) in [5.41, 5.74) is 6.58. The van der Waals surface area contributed by atoms with Crippen LogP contribution in [0.5, 0.6) is 0 Å². The molecule has 1 amide bonds. The van der Waals surface area contributed by atoms with E-state index in [0.717, 1.165) is 11.5 Å². The molecule has 0 aliphatic heterocycles. The lowest BCUT2D eigenvalue weighted by atomic mass is 10.1. The highest BCUT2D eigenvalue weighted by Crippen LogP contribution is 2.17. The third-order valence-corrected chi connectivity index (χ3v) is 3.03. The summed E-state index contributed by atoms with van der Waals surface area (Å²) in [6.45, 7) is 4.01. The Labute approximate surface area is 124 Å². The summed E-state index contributed by atoms with van der Waals surface area (Å²) in [6.07, 6.45) is 0. The van der Waals surface area contributed by atoms with Crippen LogP contribution in [0.15, 0.2) is 40.8 Å². The highest BCUT2D eigenvalue weighted by Gasteiger charge is 2.15. The molecule has 1 atom stereocenters. The zero-order valence-electron chi connectivity index (χ0n) is 12.1. The van der Waals surface area contributed by atoms with Crippen molar-refractivity contribution in [1.82, 2.24) is 5.32 Å². The van der Waals surface area contributed by atoms with Gasteiger partial charge in [0.1, 0.15) is 11.5 Å². The van der Waals surface area contributed by atoms with Gasteiger partial charge < -0.3 is 15.5 Å². The Morgan fingerprint density at radius 1 is 1.33 bits per heavy atom. The van der Waals surface area contributed by atoms with Crippen LogP contribution in [0.25, 0.3) is 0 Å². The molecule has 21 heavy (non-hydrogen) atoms. The Kier molecular flexibility index (Phi) is 4.81. The highest BCUT2D eigenvalue weighted by molar-refractivity contribution is 5.96. The van der Waals surface area contributed by atoms with Gasteiger partial charge in [0.25, 0.3) is 5.91 Å². The van der Waals surface area contributed by atoms with Gasteiger partial charge >= 0.3 is 0 Å². The summed E-state index contributed by atoms with van der Waals surface area (Å²) in [5, 5.41) is 2.91. The monoisotopic (exact) mass is 282 g/mol. The summed E-state index contributed by atoms with van der Waals surface area (Å²) in [4.78, 5) is 12.4. The molecule has 4 nitrogen and oxygen atoms in total. The fraction of sp³-hybridized carbons (Fsp3) is 0.235. The van der Waals surface area contributed by atoms with Crippen molar-refractivity contribution in [1.29, 1.82) is 0 Å². The van der Waals surface area contributed by atoms with E-state index in [2.05, 4.69) is 17.2 Å². The van der Waals surface area contributed by atoms with Crippen LogP contribution in [-0.4, -0.2) is 12.5 Å². The molecular weight excluding hydrogens is 264 g/mol. The summed E-state index contributed by atoms with van der Waals surface area (Å²) in [5.74, 6) is 7.04. The molecule has 0 radical (unpaired) electrons. The van der Waals surface area contributed by atoms with Crippen molar-refractivity contribution in [3.8, 4) is 11.8 Å². The lowest BCUT2D eigenvalue weighted by Gasteiger charge is -2.12. The Morgan fingerprint density at radius 2 is 2.10 bits per heavy atom. The van der Waals surface area contributed by atoms with E-state index >= 15 is 0 Å². The van der Waals surface area contributed by atoms with Gasteiger partial charge in [0.15, 0.2) is 0 Å². The summed E-state index contributed by atoms with van der Waals surface area (Å²) >= 11 is 0. The molecule has 108 valence electrons. The molecule has 1 unspecified atom stereocenters. The van der Waals surface area contributed by atoms with Gasteiger partial charge in [-0.15, -0.1) is 0 Å². The number of amides is 1. The molecule has 2 rings (SSSR count). The Morgan fingerprint density at radius 3 is 2.76 bits per heavy atom. The van der Waals surface area contributed by atoms with Crippen molar-refractivity contribution in [3.05, 3.63) is 59.0 Å². The normalized spacial score (nSPS) is 11.4. The second-order valence-electron chi connectivity index (χ2n) is 4.70. The fourth-order valence-corrected chi connectivity index (χ4v) is 1.97. The number of hydrogen-bond donors (Lipinski definition) is 2. The van der Waals surface area contributed by atoms with Crippen LogP contribution in [0.2, 0.25) is 0 Å². The molecule has 0 saturated carbocycles. The van der Waals surface area contributed by atoms with Crippen LogP contribution >= 0.6 is 0 Å². The molecule has 1 aromatic heterocycles. The lowest BCUT2D eigenvalue weighted by Crippen LogP contribution is -2.27. The van der Waals surface area contributed by atoms with E-state index in [0.29, 0.717) is 11.1 Å². The van der Waals surface area contributed by atoms with E-state index in [1.54, 1.807) is 12.1 Å². The van der Waals surface area contributed by atoms with E-state index in [9.17, 15) is 4.79 Å². The molecule has 0 aliphatic rings. The quantitative estimate of drug-likeness (QED) is 0.849. The number of nitrogens with two attached hydrogens (primary N) is 1. The molecule has 2 aromatic rings. The summed E-state index contributed by atoms with van der Waals surface area (Å²) in [7, 11) is 0. The van der Waals surface area contributed by atoms with Crippen LogP contribution in [0.4, 0.5) is 0 Å². The SMILES string of the molecule is Cc1ccc(C(C)NC(=O)c2ccccc2C#CCN)o1. The molecule has 4 heteroatoms. The summed E-state index contributed by atoms with van der Waals surface area (Å²) in [6, 6.07) is 10.7. The largest absolute Gasteiger partial charge is 0.464 e. The minimum atomic E-state index is -0.207. The van der Waals surface area contributed by atoms with Crippen molar-refractivity contribution in [2.24, 2.45) is 5.73 Å². The number of benzene rings is 1. The lowest BCUT2D eigenvalue weighted by molar-refractivity contribution is 0.0935. The molecule has 0 aliphatic carbocycles. The molecule has 0 saturated heterocycles. The first-order valence-corrected chi connectivity index (χ1v) is 6.77. The van der Waals surface area contributed by atoms with E-state index < -0.39 is 0 Å². The maximum Gasteiger partial charge on any atom is 0.253 e. The van der Waals surface area contributed by atoms with Gasteiger partial charge in [0.2, 0.25) is 0 Å². The van der Waals surface area contributed by atoms with Crippen molar-refractivity contribution in [3.63, 3.8) is 0 Å². The van der Waals surface area contributed by atoms with Crippen molar-refractivity contribution in [2.45, 2.75) is 19.9 Å². The number of rotatable bonds is 3. The van der Waals surface area contributed by atoms with Crippen LogP contribution in [0, 0.1) is 18.8 Å². The van der Waals surface area contributed by atoms with Crippen LogP contribution in [0.1, 0.15) is 40.4 Å². The van der Waals surface area contributed by atoms with Gasteiger partial charge in [0.05, 0.1) is 18.2 Å². The number of hydrogen-bond acceptors (Lipinski definition) is 3. The van der Waals surface area contributed by atoms with Gasteiger partial charge in [-0.1, -0.05) is 24.0 Å². The summed E-state index contributed by atoms with van der Waals surface area (Å²) < 4.78 is 5.52. The van der Waals surface area contributed by atoms with Gasteiger partial charge in [-0.05, 0) is 38.1 Å². The maximum absolute atomic E-state index is 12.4. The second kappa shape index (κ2) is 6.78. The average Bonchev–Trinajstić information content (AvgIpc) is 2.92. The zero-order valence-corrected chi connectivity index (χ0v) is 12.1. The first-order chi connectivity index (χ1) is 10.1. The molecule has 0 spiro atoms. The van der Waals surface area contributed by atoms with Crippen LogP contribution in [0.3, 0.4) is 0 Å². The van der Waals surface area contributed by atoms with Crippen LogP contribution < -0.4 is 11.1 Å². The number of carbonyl (C=O) groups excluding carboxylic acids is 1. The van der Waals surface area contributed by atoms with Gasteiger partial charge in [0, 0.05) is 5.56 Å².